The molecule has 1 unspecified atom stereocenters. The second kappa shape index (κ2) is 23.1. The van der Waals surface area contributed by atoms with E-state index in [0.717, 1.165) is 5.56 Å². The molecule has 0 fully saturated rings. The van der Waals surface area contributed by atoms with Crippen molar-refractivity contribution in [1.82, 2.24) is 20.6 Å². The molecular weight excluding hydrogens is 849 g/mol. The van der Waals surface area contributed by atoms with E-state index in [1.54, 1.807) is 48.5 Å². The highest BCUT2D eigenvalue weighted by atomic mass is 35.5. The van der Waals surface area contributed by atoms with Gasteiger partial charge in [-0.2, -0.15) is 10.5 Å². The van der Waals surface area contributed by atoms with Crippen LogP contribution >= 0.6 is 48.2 Å². The fourth-order valence-corrected chi connectivity index (χ4v) is 5.83. The molecule has 17 nitrogen and oxygen atoms in total. The molecule has 0 aliphatic rings. The standard InChI is InChI=1S/C38H40ClN9O8S.2ClH/c1-19(42)33(49)45-21(3)37(51)55-17-28(56-38(52)22(4)46-34(50)20(2)43)16-53-27-11-7-23(8-12-27)31-29(13-40)32(44)48-36(30(31)14-41)57-18-26-15-54-35(47-26)24-5-9-25(39)10-6-24;;/h5-12,15,19-22,28H,16-18,42-43H2,1-4H3,(H2,44,48)(H,45,49)(H,46,50);2*1H/t19-,20-,21-,22?,28-;;/m1../s1. The molecule has 0 aliphatic heterocycles. The van der Waals surface area contributed by atoms with Crippen molar-refractivity contribution in [2.24, 2.45) is 11.5 Å². The topological polar surface area (TPSA) is 285 Å². The summed E-state index contributed by atoms with van der Waals surface area (Å²) >= 11 is 7.18. The van der Waals surface area contributed by atoms with Gasteiger partial charge in [-0.05, 0) is 69.7 Å². The zero-order valence-electron chi connectivity index (χ0n) is 32.1. The molecule has 0 aliphatic carbocycles. The monoisotopic (exact) mass is 889 g/mol. The van der Waals surface area contributed by atoms with Crippen LogP contribution in [0.3, 0.4) is 0 Å². The van der Waals surface area contributed by atoms with Crippen LogP contribution in [0.2, 0.25) is 5.02 Å². The largest absolute Gasteiger partial charge is 0.490 e. The van der Waals surface area contributed by atoms with Crippen molar-refractivity contribution in [2.75, 3.05) is 18.9 Å². The van der Waals surface area contributed by atoms with Gasteiger partial charge in [0.05, 0.1) is 23.3 Å². The first-order valence-corrected chi connectivity index (χ1v) is 18.7. The number of halogens is 3. The highest BCUT2D eigenvalue weighted by Crippen LogP contribution is 2.37. The molecule has 2 amide bonds. The van der Waals surface area contributed by atoms with E-state index in [-0.39, 0.29) is 70.5 Å². The van der Waals surface area contributed by atoms with Gasteiger partial charge in [-0.1, -0.05) is 35.5 Å². The van der Waals surface area contributed by atoms with Gasteiger partial charge in [-0.15, -0.1) is 24.8 Å². The van der Waals surface area contributed by atoms with Crippen LogP contribution in [0, 0.1) is 22.7 Å². The summed E-state index contributed by atoms with van der Waals surface area (Å²) in [5.74, 6) is -1.98. The molecule has 59 heavy (non-hydrogen) atoms. The molecule has 0 spiro atoms. The van der Waals surface area contributed by atoms with Crippen LogP contribution in [-0.2, 0) is 34.4 Å². The molecule has 2 aromatic heterocycles. The summed E-state index contributed by atoms with van der Waals surface area (Å²) in [4.78, 5) is 58.3. The van der Waals surface area contributed by atoms with E-state index in [9.17, 15) is 29.7 Å². The zero-order chi connectivity index (χ0) is 41.8. The van der Waals surface area contributed by atoms with Gasteiger partial charge in [0.2, 0.25) is 17.7 Å². The van der Waals surface area contributed by atoms with E-state index < -0.39 is 60.6 Å². The quantitative estimate of drug-likeness (QED) is 0.0738. The number of carbonyl (C=O) groups excluding carboxylic acids is 4. The number of esters is 2. The first-order chi connectivity index (χ1) is 27.1. The number of nitrogen functional groups attached to an aromatic ring is 1. The lowest BCUT2D eigenvalue weighted by Crippen LogP contribution is -2.48. The Balaban J connectivity index is 0.00000600. The number of anilines is 1. The second-order valence-corrected chi connectivity index (χ2v) is 14.1. The van der Waals surface area contributed by atoms with E-state index >= 15 is 0 Å². The highest BCUT2D eigenvalue weighted by molar-refractivity contribution is 7.98. The lowest BCUT2D eigenvalue weighted by Gasteiger charge is -2.22. The van der Waals surface area contributed by atoms with Gasteiger partial charge in [0.15, 0.2) is 6.10 Å². The molecule has 0 saturated carbocycles. The first-order valence-electron chi connectivity index (χ1n) is 17.3. The molecule has 4 rings (SSSR count). The number of amides is 2. The summed E-state index contributed by atoms with van der Waals surface area (Å²) in [5, 5.41) is 26.0. The van der Waals surface area contributed by atoms with Crippen LogP contribution in [0.4, 0.5) is 5.82 Å². The molecule has 4 aromatic rings. The van der Waals surface area contributed by atoms with E-state index in [2.05, 4.69) is 26.7 Å². The Labute approximate surface area is 361 Å². The third-order valence-electron chi connectivity index (χ3n) is 7.94. The SMILES string of the molecule is CC(NC(=O)[C@@H](C)N)C(=O)O[C@@H](COC(=O)[C@@H](C)NC(=O)[C@@H](C)N)COc1ccc(-c2c(C#N)c(N)nc(SCc3coc(-c4ccc(Cl)cc4)n3)c2C#N)cc1.Cl.Cl. The van der Waals surface area contributed by atoms with Crippen molar-refractivity contribution in [3.63, 3.8) is 0 Å². The summed E-state index contributed by atoms with van der Waals surface area (Å²) in [7, 11) is 0. The number of nitrogens with two attached hydrogens (primary N) is 3. The summed E-state index contributed by atoms with van der Waals surface area (Å²) in [6.07, 6.45) is 0.323. The lowest BCUT2D eigenvalue weighted by molar-refractivity contribution is -0.163. The number of carbonyl (C=O) groups is 4. The maximum Gasteiger partial charge on any atom is 0.328 e. The van der Waals surface area contributed by atoms with Gasteiger partial charge in [0.1, 0.15) is 65.9 Å². The molecule has 0 radical (unpaired) electrons. The van der Waals surface area contributed by atoms with Gasteiger partial charge in [-0.25, -0.2) is 19.6 Å². The molecule has 2 heterocycles. The normalized spacial score (nSPS) is 13.0. The van der Waals surface area contributed by atoms with Crippen LogP contribution in [0.25, 0.3) is 22.6 Å². The summed E-state index contributed by atoms with van der Waals surface area (Å²) in [5.41, 5.74) is 19.5. The number of thioether (sulfide) groups is 1. The molecule has 8 N–H and O–H groups in total. The molecule has 0 bridgehead atoms. The fourth-order valence-electron chi connectivity index (χ4n) is 4.83. The zero-order valence-corrected chi connectivity index (χ0v) is 35.3. The Morgan fingerprint density at radius 3 is 1.95 bits per heavy atom. The summed E-state index contributed by atoms with van der Waals surface area (Å²) in [6.45, 7) is 4.90. The van der Waals surface area contributed by atoms with Gasteiger partial charge >= 0.3 is 11.9 Å². The number of nitrogens with one attached hydrogen (secondary N) is 2. The number of ether oxygens (including phenoxy) is 3. The molecular formula is C38H42Cl3N9O8S. The van der Waals surface area contributed by atoms with Crippen molar-refractivity contribution in [3.8, 4) is 40.5 Å². The third-order valence-corrected chi connectivity index (χ3v) is 9.20. The van der Waals surface area contributed by atoms with Gasteiger partial charge < -0.3 is 46.5 Å². The number of nitriles is 2. The maximum atomic E-state index is 12.9. The van der Waals surface area contributed by atoms with Crippen LogP contribution < -0.4 is 32.6 Å². The van der Waals surface area contributed by atoms with E-state index in [1.807, 2.05) is 6.07 Å². The minimum Gasteiger partial charge on any atom is -0.490 e. The van der Waals surface area contributed by atoms with Gasteiger partial charge in [0, 0.05) is 21.9 Å². The number of rotatable bonds is 17. The Bertz CT molecular complexity index is 2180. The Morgan fingerprint density at radius 2 is 1.39 bits per heavy atom. The van der Waals surface area contributed by atoms with Crippen molar-refractivity contribution < 1.29 is 37.8 Å². The fraction of sp³-hybridized carbons (Fsp3) is 0.316. The number of pyridine rings is 1. The molecule has 2 aromatic carbocycles. The van der Waals surface area contributed by atoms with Crippen LogP contribution in [-0.4, -0.2) is 77.2 Å². The van der Waals surface area contributed by atoms with Crippen molar-refractivity contribution in [2.45, 2.75) is 68.7 Å². The van der Waals surface area contributed by atoms with Gasteiger partial charge in [0.25, 0.3) is 0 Å². The van der Waals surface area contributed by atoms with Crippen molar-refractivity contribution in [1.29, 1.82) is 10.5 Å². The van der Waals surface area contributed by atoms with E-state index in [4.69, 9.17) is 47.4 Å². The third kappa shape index (κ3) is 13.7. The Hall–Kier alpha value is -5.60. The average molecular weight is 891 g/mol. The van der Waals surface area contributed by atoms with Gasteiger partial charge in [-0.3, -0.25) is 9.59 Å². The van der Waals surface area contributed by atoms with E-state index in [0.29, 0.717) is 22.2 Å². The smallest absolute Gasteiger partial charge is 0.328 e. The lowest BCUT2D eigenvalue weighted by atomic mass is 9.97. The van der Waals surface area contributed by atoms with E-state index in [1.165, 1.54) is 45.7 Å². The van der Waals surface area contributed by atoms with Crippen LogP contribution in [0.1, 0.15) is 44.5 Å². The molecule has 21 heteroatoms. The predicted octanol–water partition coefficient (Wildman–Crippen LogP) is 4.06. The highest BCUT2D eigenvalue weighted by Gasteiger charge is 2.27. The van der Waals surface area contributed by atoms with Crippen molar-refractivity contribution >= 4 is 77.7 Å². The summed E-state index contributed by atoms with van der Waals surface area (Å²) in [6, 6.07) is 13.6. The van der Waals surface area contributed by atoms with Crippen LogP contribution in [0.5, 0.6) is 5.75 Å². The number of hydrogen-bond acceptors (Lipinski definition) is 16. The molecule has 5 atom stereocenters. The minimum atomic E-state index is -1.17. The maximum absolute atomic E-state index is 12.9. The van der Waals surface area contributed by atoms with Crippen LogP contribution in [0.15, 0.2) is 64.2 Å². The second-order valence-electron chi connectivity index (χ2n) is 12.7. The number of aromatic nitrogens is 2. The average Bonchev–Trinajstić information content (AvgIpc) is 3.66. The molecule has 314 valence electrons. The number of oxazole rings is 1. The Kier molecular flexibility index (Phi) is 19.4. The Morgan fingerprint density at radius 1 is 0.831 bits per heavy atom. The van der Waals surface area contributed by atoms with Crippen molar-refractivity contribution in [3.05, 3.63) is 76.6 Å². The number of hydrogen-bond donors (Lipinski definition) is 5. The number of benzene rings is 2. The number of nitrogens with zero attached hydrogens (tertiary/aromatic N) is 4. The first kappa shape index (κ1) is 49.5. The molecule has 0 saturated heterocycles. The predicted molar refractivity (Wildman–Crippen MR) is 223 cm³/mol. The summed E-state index contributed by atoms with van der Waals surface area (Å²) < 4.78 is 22.3. The minimum absolute atomic E-state index is 0.